The van der Waals surface area contributed by atoms with E-state index >= 15 is 0 Å². The maximum Gasteiger partial charge on any atom is 0.271 e. The van der Waals surface area contributed by atoms with E-state index in [1.165, 1.54) is 6.33 Å². The van der Waals surface area contributed by atoms with E-state index in [1.807, 2.05) is 48.5 Å². The first-order valence-corrected chi connectivity index (χ1v) is 10.3. The Labute approximate surface area is 187 Å². The monoisotopic (exact) mass is 443 g/mol. The lowest BCUT2D eigenvalue weighted by Crippen LogP contribution is -2.15. The van der Waals surface area contributed by atoms with Crippen LogP contribution in [0.5, 0.6) is 0 Å². The molecule has 0 amide bonds. The van der Waals surface area contributed by atoms with Crippen molar-refractivity contribution in [2.45, 2.75) is 6.04 Å². The lowest BCUT2D eigenvalue weighted by atomic mass is 10.1. The minimum Gasteiger partial charge on any atom is -0.394 e. The van der Waals surface area contributed by atoms with Gasteiger partial charge in [-0.05, 0) is 23.8 Å². The van der Waals surface area contributed by atoms with Crippen molar-refractivity contribution in [3.63, 3.8) is 0 Å². The van der Waals surface area contributed by atoms with Crippen molar-refractivity contribution in [3.8, 4) is 11.5 Å². The average molecular weight is 443 g/mol. The zero-order valence-electron chi connectivity index (χ0n) is 17.7. The van der Waals surface area contributed by atoms with E-state index in [0.717, 1.165) is 16.8 Å². The largest absolute Gasteiger partial charge is 0.394 e. The summed E-state index contributed by atoms with van der Waals surface area (Å²) in [5.41, 5.74) is 3.61. The molecule has 0 saturated heterocycles. The van der Waals surface area contributed by atoms with E-state index in [-0.39, 0.29) is 18.2 Å². The molecule has 5 rings (SSSR count). The van der Waals surface area contributed by atoms with Crippen LogP contribution in [0.25, 0.3) is 22.4 Å². The maximum absolute atomic E-state index is 12.0. The molecule has 0 aliphatic rings. The third kappa shape index (κ3) is 4.06. The Morgan fingerprint density at radius 3 is 2.76 bits per heavy atom. The van der Waals surface area contributed by atoms with Crippen molar-refractivity contribution in [1.29, 1.82) is 0 Å². The number of aryl methyl sites for hydroxylation is 1. The Morgan fingerprint density at radius 2 is 2.00 bits per heavy atom. The zero-order valence-corrected chi connectivity index (χ0v) is 17.7. The van der Waals surface area contributed by atoms with Gasteiger partial charge in [-0.3, -0.25) is 14.6 Å². The van der Waals surface area contributed by atoms with Gasteiger partial charge in [0.25, 0.3) is 11.4 Å². The molecule has 0 aliphatic carbocycles. The van der Waals surface area contributed by atoms with Crippen molar-refractivity contribution >= 4 is 28.1 Å². The van der Waals surface area contributed by atoms with Crippen molar-refractivity contribution < 1.29 is 9.63 Å². The highest BCUT2D eigenvalue weighted by atomic mass is 16.5. The molecule has 0 bridgehead atoms. The fraction of sp³-hybridized carbons (Fsp3) is 0.130. The molecule has 166 valence electrons. The smallest absolute Gasteiger partial charge is 0.271 e. The van der Waals surface area contributed by atoms with Gasteiger partial charge < -0.3 is 20.3 Å². The topological polar surface area (TPSA) is 134 Å². The van der Waals surface area contributed by atoms with Gasteiger partial charge in [0.2, 0.25) is 0 Å². The van der Waals surface area contributed by atoms with Crippen LogP contribution in [0.3, 0.4) is 0 Å². The van der Waals surface area contributed by atoms with Crippen molar-refractivity contribution in [3.05, 3.63) is 83.0 Å². The number of nitrogens with zero attached hydrogens (tertiary/aromatic N) is 4. The van der Waals surface area contributed by atoms with Crippen molar-refractivity contribution in [2.24, 2.45) is 7.05 Å². The number of rotatable bonds is 7. The van der Waals surface area contributed by atoms with E-state index in [2.05, 4.69) is 30.9 Å². The van der Waals surface area contributed by atoms with Crippen LogP contribution in [-0.4, -0.2) is 36.6 Å². The third-order valence-electron chi connectivity index (χ3n) is 5.36. The highest BCUT2D eigenvalue weighted by Crippen LogP contribution is 2.32. The Morgan fingerprint density at radius 1 is 1.15 bits per heavy atom. The number of aliphatic hydroxyl groups excluding tert-OH is 1. The predicted octanol–water partition coefficient (Wildman–Crippen LogP) is 3.20. The molecule has 33 heavy (non-hydrogen) atoms. The van der Waals surface area contributed by atoms with Crippen LogP contribution in [0.4, 0.5) is 17.2 Å². The van der Waals surface area contributed by atoms with Gasteiger partial charge >= 0.3 is 0 Å². The number of benzene rings is 2. The summed E-state index contributed by atoms with van der Waals surface area (Å²) < 4.78 is 6.92. The van der Waals surface area contributed by atoms with Crippen LogP contribution in [0, 0.1) is 0 Å². The number of hydrogen-bond acceptors (Lipinski definition) is 8. The first-order valence-electron chi connectivity index (χ1n) is 10.3. The number of aliphatic hydroxyl groups is 1. The predicted molar refractivity (Wildman–Crippen MR) is 124 cm³/mol. The average Bonchev–Trinajstić information content (AvgIpc) is 3.46. The summed E-state index contributed by atoms with van der Waals surface area (Å²) in [4.78, 5) is 20.6. The number of H-pyrrole nitrogens is 1. The SMILES string of the molecule is Cn1[nH]c(=O)c2ccc(Nc3cc(N[C@H](CO)c4ccccc4)c(-c4ncno4)cn3)cc21. The summed E-state index contributed by atoms with van der Waals surface area (Å²) >= 11 is 0. The molecular weight excluding hydrogens is 422 g/mol. The lowest BCUT2D eigenvalue weighted by molar-refractivity contribution is 0.276. The van der Waals surface area contributed by atoms with Crippen LogP contribution in [-0.2, 0) is 7.05 Å². The molecule has 0 aliphatic heterocycles. The summed E-state index contributed by atoms with van der Waals surface area (Å²) in [6.07, 6.45) is 2.95. The molecule has 0 fully saturated rings. The first-order chi connectivity index (χ1) is 16.1. The van der Waals surface area contributed by atoms with Gasteiger partial charge in [-0.15, -0.1) is 0 Å². The van der Waals surface area contributed by atoms with E-state index in [0.29, 0.717) is 28.3 Å². The molecule has 4 N–H and O–H groups in total. The Hall–Kier alpha value is -4.44. The van der Waals surface area contributed by atoms with Gasteiger partial charge in [0.1, 0.15) is 5.82 Å². The van der Waals surface area contributed by atoms with E-state index in [1.54, 1.807) is 24.0 Å². The van der Waals surface area contributed by atoms with Gasteiger partial charge in [0, 0.05) is 25.0 Å². The number of aromatic amines is 1. The number of nitrogens with one attached hydrogen (secondary N) is 3. The molecule has 2 aromatic carbocycles. The van der Waals surface area contributed by atoms with Gasteiger partial charge in [-0.25, -0.2) is 4.98 Å². The highest BCUT2D eigenvalue weighted by Gasteiger charge is 2.17. The maximum atomic E-state index is 12.0. The number of fused-ring (bicyclic) bond motifs is 1. The number of aromatic nitrogens is 5. The van der Waals surface area contributed by atoms with Crippen LogP contribution in [0.1, 0.15) is 11.6 Å². The van der Waals surface area contributed by atoms with Crippen molar-refractivity contribution in [1.82, 2.24) is 24.9 Å². The fourth-order valence-corrected chi connectivity index (χ4v) is 3.71. The number of pyridine rings is 1. The number of hydrogen-bond donors (Lipinski definition) is 4. The van der Waals surface area contributed by atoms with Gasteiger partial charge in [0.05, 0.1) is 34.8 Å². The van der Waals surface area contributed by atoms with E-state index < -0.39 is 0 Å². The second kappa shape index (κ2) is 8.60. The number of anilines is 3. The van der Waals surface area contributed by atoms with E-state index in [9.17, 15) is 9.90 Å². The molecule has 3 aromatic heterocycles. The fourth-order valence-electron chi connectivity index (χ4n) is 3.71. The third-order valence-corrected chi connectivity index (χ3v) is 5.36. The molecule has 3 heterocycles. The van der Waals surface area contributed by atoms with Crippen LogP contribution >= 0.6 is 0 Å². The second-order valence-electron chi connectivity index (χ2n) is 7.51. The zero-order chi connectivity index (χ0) is 22.8. The molecule has 0 unspecified atom stereocenters. The highest BCUT2D eigenvalue weighted by molar-refractivity contribution is 5.83. The summed E-state index contributed by atoms with van der Waals surface area (Å²) in [6, 6.07) is 16.6. The minimum atomic E-state index is -0.353. The Bertz CT molecular complexity index is 1440. The molecular formula is C23H21N7O3. The van der Waals surface area contributed by atoms with Crippen LogP contribution in [0.2, 0.25) is 0 Å². The van der Waals surface area contributed by atoms with Gasteiger partial charge in [0.15, 0.2) is 6.33 Å². The first kappa shape index (κ1) is 20.5. The molecule has 0 saturated carbocycles. The van der Waals surface area contributed by atoms with Crippen LogP contribution < -0.4 is 16.2 Å². The molecule has 10 heteroatoms. The molecule has 5 aromatic rings. The molecule has 1 atom stereocenters. The quantitative estimate of drug-likeness (QED) is 0.301. The Balaban J connectivity index is 1.50. The summed E-state index contributed by atoms with van der Waals surface area (Å²) in [5.74, 6) is 0.871. The van der Waals surface area contributed by atoms with Crippen molar-refractivity contribution in [2.75, 3.05) is 17.2 Å². The molecule has 0 radical (unpaired) electrons. The summed E-state index contributed by atoms with van der Waals surface area (Å²) in [5, 5.41) is 23.7. The minimum absolute atomic E-state index is 0.115. The normalized spacial score (nSPS) is 12.1. The summed E-state index contributed by atoms with van der Waals surface area (Å²) in [7, 11) is 1.78. The second-order valence-corrected chi connectivity index (χ2v) is 7.51. The summed E-state index contributed by atoms with van der Waals surface area (Å²) in [6.45, 7) is -0.115. The lowest BCUT2D eigenvalue weighted by Gasteiger charge is -2.20. The van der Waals surface area contributed by atoms with Gasteiger partial charge in [-0.2, -0.15) is 4.98 Å². The van der Waals surface area contributed by atoms with Gasteiger partial charge in [-0.1, -0.05) is 35.5 Å². The van der Waals surface area contributed by atoms with Crippen LogP contribution in [0.15, 0.2) is 76.4 Å². The standard InChI is InChI=1S/C23H21N7O3/c1-30-20-9-15(7-8-16(20)22(32)29-30)27-21-10-18(17(11-24-21)23-25-13-26-33-23)28-19(12-31)14-5-3-2-4-6-14/h2-11,13,19,31H,12H2,1H3,(H,29,32)(H2,24,27,28)/t19-/m1/s1. The molecule has 10 nitrogen and oxygen atoms in total. The Kier molecular flexibility index (Phi) is 5.33. The van der Waals surface area contributed by atoms with E-state index in [4.69, 9.17) is 4.52 Å². The molecule has 0 spiro atoms.